The summed E-state index contributed by atoms with van der Waals surface area (Å²) >= 11 is 6.18. The second kappa shape index (κ2) is 9.55. The van der Waals surface area contributed by atoms with Gasteiger partial charge in [0.25, 0.3) is 0 Å². The van der Waals surface area contributed by atoms with Crippen molar-refractivity contribution in [3.05, 3.63) is 76.8 Å². The van der Waals surface area contributed by atoms with Gasteiger partial charge >= 0.3 is 6.03 Å². The predicted octanol–water partition coefficient (Wildman–Crippen LogP) is 4.39. The van der Waals surface area contributed by atoms with E-state index in [1.807, 2.05) is 60.7 Å². The molecule has 2 N–H and O–H groups in total. The van der Waals surface area contributed by atoms with Gasteiger partial charge in [0, 0.05) is 24.7 Å². The van der Waals surface area contributed by atoms with Crippen LogP contribution in [0.25, 0.3) is 10.8 Å². The molecular weight excluding hydrogens is 450 g/mol. The van der Waals surface area contributed by atoms with E-state index >= 15 is 0 Å². The van der Waals surface area contributed by atoms with E-state index in [4.69, 9.17) is 16.3 Å². The largest absolute Gasteiger partial charge is 0.497 e. The zero-order chi connectivity index (χ0) is 23.7. The normalized spacial score (nSPS) is 20.6. The maximum Gasteiger partial charge on any atom is 0.318 e. The molecular formula is C27H28ClN3O3. The summed E-state index contributed by atoms with van der Waals surface area (Å²) in [6.07, 6.45) is 1.74. The molecule has 0 aromatic heterocycles. The highest BCUT2D eigenvalue weighted by molar-refractivity contribution is 6.31. The van der Waals surface area contributed by atoms with Crippen LogP contribution in [-0.2, 0) is 17.8 Å². The van der Waals surface area contributed by atoms with E-state index in [0.717, 1.165) is 40.5 Å². The summed E-state index contributed by atoms with van der Waals surface area (Å²) in [5.74, 6) is 1.44. The third-order valence-corrected chi connectivity index (χ3v) is 7.15. The van der Waals surface area contributed by atoms with Crippen molar-refractivity contribution in [3.63, 3.8) is 0 Å². The zero-order valence-electron chi connectivity index (χ0n) is 19.1. The lowest BCUT2D eigenvalue weighted by Crippen LogP contribution is -2.51. The van der Waals surface area contributed by atoms with Gasteiger partial charge in [0.15, 0.2) is 0 Å². The molecule has 0 radical (unpaired) electrons. The molecule has 1 aliphatic heterocycles. The number of amides is 3. The van der Waals surface area contributed by atoms with Gasteiger partial charge in [0.1, 0.15) is 11.8 Å². The Hall–Kier alpha value is -3.25. The number of carbonyl (C=O) groups is 2. The van der Waals surface area contributed by atoms with Crippen molar-refractivity contribution in [2.75, 3.05) is 20.2 Å². The number of piperidine rings is 1. The lowest BCUT2D eigenvalue weighted by Gasteiger charge is -2.27. The second-order valence-corrected chi connectivity index (χ2v) is 9.52. The molecule has 1 saturated heterocycles. The van der Waals surface area contributed by atoms with Crippen LogP contribution in [0.5, 0.6) is 5.75 Å². The summed E-state index contributed by atoms with van der Waals surface area (Å²) in [5.41, 5.74) is 2.12. The fourth-order valence-corrected chi connectivity index (χ4v) is 5.15. The fraction of sp³-hybridized carbons (Fsp3) is 0.333. The Balaban J connectivity index is 1.18. The highest BCUT2D eigenvalue weighted by atomic mass is 35.5. The Bertz CT molecular complexity index is 1210. The number of hydrogen-bond acceptors (Lipinski definition) is 3. The van der Waals surface area contributed by atoms with Crippen molar-refractivity contribution in [2.45, 2.75) is 25.4 Å². The van der Waals surface area contributed by atoms with Crippen LogP contribution in [0, 0.1) is 11.8 Å². The van der Waals surface area contributed by atoms with Crippen LogP contribution >= 0.6 is 11.6 Å². The monoisotopic (exact) mass is 477 g/mol. The van der Waals surface area contributed by atoms with E-state index in [-0.39, 0.29) is 17.9 Å². The average molecular weight is 478 g/mol. The van der Waals surface area contributed by atoms with Gasteiger partial charge < -0.3 is 20.3 Å². The van der Waals surface area contributed by atoms with Crippen LogP contribution in [0.1, 0.15) is 17.5 Å². The van der Waals surface area contributed by atoms with Crippen LogP contribution in [-0.4, -0.2) is 43.1 Å². The van der Waals surface area contributed by atoms with Gasteiger partial charge in [-0.2, -0.15) is 0 Å². The molecule has 5 rings (SSSR count). The molecule has 3 aromatic carbocycles. The molecule has 3 atom stereocenters. The minimum Gasteiger partial charge on any atom is -0.497 e. The van der Waals surface area contributed by atoms with Crippen molar-refractivity contribution in [1.29, 1.82) is 0 Å². The van der Waals surface area contributed by atoms with Crippen molar-refractivity contribution in [3.8, 4) is 5.75 Å². The molecule has 3 amide bonds. The molecule has 0 bridgehead atoms. The molecule has 1 saturated carbocycles. The van der Waals surface area contributed by atoms with E-state index in [1.165, 1.54) is 0 Å². The number of fused-ring (bicyclic) bond motifs is 2. The quantitative estimate of drug-likeness (QED) is 0.530. The standard InChI is InChI=1S/C27H28ClN3O3/c1-34-22-9-5-17(6-10-22)11-12-29-26(32)25-24-13-20(24)16-31(25)27(33)30-15-19-4-2-3-18-7-8-21(28)14-23(18)19/h2-10,14,20,24-25H,11-13,15-16H2,1H3,(H,29,32)(H,30,33)/t20-,24-,25-/m0/s1. The summed E-state index contributed by atoms with van der Waals surface area (Å²) in [6.45, 7) is 1.55. The van der Waals surface area contributed by atoms with Crippen LogP contribution in [0.3, 0.4) is 0 Å². The highest BCUT2D eigenvalue weighted by Crippen LogP contribution is 2.49. The molecule has 6 nitrogen and oxygen atoms in total. The number of nitrogens with one attached hydrogen (secondary N) is 2. The topological polar surface area (TPSA) is 70.7 Å². The van der Waals surface area contributed by atoms with Crippen molar-refractivity contribution >= 4 is 34.3 Å². The van der Waals surface area contributed by atoms with Crippen molar-refractivity contribution in [1.82, 2.24) is 15.5 Å². The third kappa shape index (κ3) is 4.68. The van der Waals surface area contributed by atoms with Gasteiger partial charge in [-0.25, -0.2) is 4.79 Å². The fourth-order valence-electron chi connectivity index (χ4n) is 4.97. The third-order valence-electron chi connectivity index (χ3n) is 6.92. The number of methoxy groups -OCH3 is 1. The molecule has 3 aromatic rings. The first-order valence-corrected chi connectivity index (χ1v) is 12.0. The average Bonchev–Trinajstić information content (AvgIpc) is 3.51. The molecule has 0 unspecified atom stereocenters. The summed E-state index contributed by atoms with van der Waals surface area (Å²) in [5, 5.41) is 8.83. The summed E-state index contributed by atoms with van der Waals surface area (Å²) < 4.78 is 5.19. The Morgan fingerprint density at radius 2 is 1.91 bits per heavy atom. The van der Waals surface area contributed by atoms with E-state index < -0.39 is 6.04 Å². The molecule has 2 fully saturated rings. The van der Waals surface area contributed by atoms with Crippen LogP contribution in [0.15, 0.2) is 60.7 Å². The maximum absolute atomic E-state index is 13.1. The van der Waals surface area contributed by atoms with E-state index in [0.29, 0.717) is 30.6 Å². The Morgan fingerprint density at radius 3 is 2.71 bits per heavy atom. The number of rotatable bonds is 7. The van der Waals surface area contributed by atoms with E-state index in [9.17, 15) is 9.59 Å². The zero-order valence-corrected chi connectivity index (χ0v) is 19.8. The lowest BCUT2D eigenvalue weighted by molar-refractivity contribution is -0.125. The van der Waals surface area contributed by atoms with Crippen LogP contribution < -0.4 is 15.4 Å². The minimum absolute atomic E-state index is 0.0643. The van der Waals surface area contributed by atoms with Crippen LogP contribution in [0.2, 0.25) is 5.02 Å². The van der Waals surface area contributed by atoms with Crippen LogP contribution in [0.4, 0.5) is 4.79 Å². The molecule has 1 aliphatic carbocycles. The van der Waals surface area contributed by atoms with Gasteiger partial charge in [-0.15, -0.1) is 0 Å². The maximum atomic E-state index is 13.1. The number of carbonyl (C=O) groups excluding carboxylic acids is 2. The first-order valence-electron chi connectivity index (χ1n) is 11.7. The number of nitrogens with zero attached hydrogens (tertiary/aromatic N) is 1. The van der Waals surface area contributed by atoms with Crippen molar-refractivity contribution in [2.24, 2.45) is 11.8 Å². The van der Waals surface area contributed by atoms with Gasteiger partial charge in [-0.1, -0.05) is 48.0 Å². The van der Waals surface area contributed by atoms with Gasteiger partial charge in [-0.05, 0) is 70.8 Å². The van der Waals surface area contributed by atoms with Gasteiger partial charge in [-0.3, -0.25) is 4.79 Å². The lowest BCUT2D eigenvalue weighted by atomic mass is 10.0. The Labute approximate surface area is 204 Å². The summed E-state index contributed by atoms with van der Waals surface area (Å²) in [4.78, 5) is 27.8. The SMILES string of the molecule is COc1ccc(CCNC(=O)[C@@H]2[C@H]3C[C@H]3CN2C(=O)NCc2cccc3ccc(Cl)cc23)cc1. The molecule has 34 heavy (non-hydrogen) atoms. The number of ether oxygens (including phenoxy) is 1. The number of hydrogen-bond donors (Lipinski definition) is 2. The smallest absolute Gasteiger partial charge is 0.318 e. The first-order chi connectivity index (χ1) is 16.5. The molecule has 7 heteroatoms. The Kier molecular flexibility index (Phi) is 6.33. The molecule has 1 heterocycles. The number of halogens is 1. The van der Waals surface area contributed by atoms with Gasteiger partial charge in [0.2, 0.25) is 5.91 Å². The Morgan fingerprint density at radius 1 is 1.09 bits per heavy atom. The molecule has 0 spiro atoms. The van der Waals surface area contributed by atoms with Gasteiger partial charge in [0.05, 0.1) is 7.11 Å². The highest BCUT2D eigenvalue weighted by Gasteiger charge is 2.56. The predicted molar refractivity (Wildman–Crippen MR) is 133 cm³/mol. The molecule has 176 valence electrons. The second-order valence-electron chi connectivity index (χ2n) is 9.09. The summed E-state index contributed by atoms with van der Waals surface area (Å²) in [7, 11) is 1.64. The number of urea groups is 1. The minimum atomic E-state index is -0.400. The summed E-state index contributed by atoms with van der Waals surface area (Å²) in [6, 6.07) is 19.0. The van der Waals surface area contributed by atoms with E-state index in [1.54, 1.807) is 12.0 Å². The van der Waals surface area contributed by atoms with Crippen molar-refractivity contribution < 1.29 is 14.3 Å². The number of benzene rings is 3. The molecule has 2 aliphatic rings. The van der Waals surface area contributed by atoms with E-state index in [2.05, 4.69) is 10.6 Å². The first kappa shape index (κ1) is 22.5. The number of likely N-dealkylation sites (tertiary alicyclic amines) is 1.